The zero-order valence-corrected chi connectivity index (χ0v) is 13.2. The molecule has 0 radical (unpaired) electrons. The van der Waals surface area contributed by atoms with Crippen LogP contribution in [-0.2, 0) is 4.79 Å². The van der Waals surface area contributed by atoms with Crippen LogP contribution < -0.4 is 5.32 Å². The summed E-state index contributed by atoms with van der Waals surface area (Å²) in [5, 5.41) is 3.59. The van der Waals surface area contributed by atoms with Crippen molar-refractivity contribution >= 4 is 23.2 Å². The summed E-state index contributed by atoms with van der Waals surface area (Å²) >= 11 is 5.83. The summed E-state index contributed by atoms with van der Waals surface area (Å²) in [6.07, 6.45) is 4.58. The highest BCUT2D eigenvalue weighted by Crippen LogP contribution is 2.13. The molecule has 0 bridgehead atoms. The molecule has 1 amide bonds. The maximum Gasteiger partial charge on any atom is 0.238 e. The summed E-state index contributed by atoms with van der Waals surface area (Å²) in [4.78, 5) is 14.3. The Morgan fingerprint density at radius 3 is 2.15 bits per heavy atom. The lowest BCUT2D eigenvalue weighted by molar-refractivity contribution is -0.117. The fourth-order valence-corrected chi connectivity index (χ4v) is 2.10. The molecule has 1 aromatic carbocycles. The van der Waals surface area contributed by atoms with E-state index in [0.717, 1.165) is 44.5 Å². The van der Waals surface area contributed by atoms with Crippen LogP contribution in [0.2, 0.25) is 5.02 Å². The summed E-state index contributed by atoms with van der Waals surface area (Å²) in [7, 11) is 0. The predicted octanol–water partition coefficient (Wildman–Crippen LogP) is 4.18. The van der Waals surface area contributed by atoms with Crippen molar-refractivity contribution in [3.8, 4) is 0 Å². The van der Waals surface area contributed by atoms with Gasteiger partial charge in [0, 0.05) is 10.7 Å². The minimum atomic E-state index is 0.0412. The molecule has 0 spiro atoms. The zero-order chi connectivity index (χ0) is 14.8. The van der Waals surface area contributed by atoms with Crippen LogP contribution in [0.1, 0.15) is 39.5 Å². The second-order valence-corrected chi connectivity index (χ2v) is 5.47. The van der Waals surface area contributed by atoms with Gasteiger partial charge in [-0.25, -0.2) is 0 Å². The fraction of sp³-hybridized carbons (Fsp3) is 0.562. The number of amides is 1. The first kappa shape index (κ1) is 17.0. The molecule has 0 atom stereocenters. The smallest absolute Gasteiger partial charge is 0.238 e. The van der Waals surface area contributed by atoms with Crippen molar-refractivity contribution in [3.63, 3.8) is 0 Å². The highest BCUT2D eigenvalue weighted by molar-refractivity contribution is 6.30. The maximum atomic E-state index is 12.0. The van der Waals surface area contributed by atoms with Gasteiger partial charge in [0.25, 0.3) is 0 Å². The van der Waals surface area contributed by atoms with E-state index in [1.165, 1.54) is 0 Å². The van der Waals surface area contributed by atoms with Gasteiger partial charge < -0.3 is 5.32 Å². The first-order chi connectivity index (χ1) is 9.65. The van der Waals surface area contributed by atoms with Gasteiger partial charge in [-0.15, -0.1) is 0 Å². The quantitative estimate of drug-likeness (QED) is 0.741. The van der Waals surface area contributed by atoms with E-state index in [1.807, 2.05) is 12.1 Å². The molecule has 0 heterocycles. The van der Waals surface area contributed by atoms with Crippen molar-refractivity contribution < 1.29 is 4.79 Å². The van der Waals surface area contributed by atoms with Crippen LogP contribution in [0.15, 0.2) is 24.3 Å². The lowest BCUT2D eigenvalue weighted by atomic mass is 10.2. The number of rotatable bonds is 9. The number of hydrogen-bond donors (Lipinski definition) is 1. The number of anilines is 1. The Hall–Kier alpha value is -1.06. The number of hydrogen-bond acceptors (Lipinski definition) is 2. The summed E-state index contributed by atoms with van der Waals surface area (Å²) in [5.74, 6) is 0.0412. The Morgan fingerprint density at radius 1 is 1.10 bits per heavy atom. The Labute approximate surface area is 127 Å². The topological polar surface area (TPSA) is 32.3 Å². The summed E-state index contributed by atoms with van der Waals surface area (Å²) < 4.78 is 0. The van der Waals surface area contributed by atoms with Crippen LogP contribution in [0.5, 0.6) is 0 Å². The van der Waals surface area contributed by atoms with Gasteiger partial charge in [-0.1, -0.05) is 38.3 Å². The highest BCUT2D eigenvalue weighted by atomic mass is 35.5. The molecular formula is C16H25ClN2O. The molecule has 0 aliphatic rings. The van der Waals surface area contributed by atoms with Gasteiger partial charge >= 0.3 is 0 Å². The molecule has 112 valence electrons. The van der Waals surface area contributed by atoms with Crippen molar-refractivity contribution in [2.75, 3.05) is 25.0 Å². The monoisotopic (exact) mass is 296 g/mol. The van der Waals surface area contributed by atoms with Crippen LogP contribution in [-0.4, -0.2) is 30.4 Å². The van der Waals surface area contributed by atoms with Gasteiger partial charge in [0.2, 0.25) is 5.91 Å². The number of nitrogens with zero attached hydrogens (tertiary/aromatic N) is 1. The molecule has 0 aromatic heterocycles. The molecule has 0 aliphatic heterocycles. The van der Waals surface area contributed by atoms with Gasteiger partial charge in [-0.05, 0) is 50.2 Å². The maximum absolute atomic E-state index is 12.0. The molecule has 0 aliphatic carbocycles. The van der Waals surface area contributed by atoms with Crippen LogP contribution in [0.25, 0.3) is 0 Å². The van der Waals surface area contributed by atoms with Crippen molar-refractivity contribution in [2.24, 2.45) is 0 Å². The van der Waals surface area contributed by atoms with E-state index in [-0.39, 0.29) is 5.91 Å². The lowest BCUT2D eigenvalue weighted by Crippen LogP contribution is -2.34. The first-order valence-corrected chi connectivity index (χ1v) is 7.81. The molecule has 0 fully saturated rings. The molecular weight excluding hydrogens is 272 g/mol. The van der Waals surface area contributed by atoms with Crippen molar-refractivity contribution in [1.82, 2.24) is 4.90 Å². The normalized spacial score (nSPS) is 10.8. The highest BCUT2D eigenvalue weighted by Gasteiger charge is 2.10. The standard InChI is InChI=1S/C16H25ClN2O/c1-3-5-11-19(12-6-4-2)13-16(20)18-15-9-7-14(17)8-10-15/h7-10H,3-6,11-13H2,1-2H3,(H,18,20). The molecule has 0 saturated carbocycles. The van der Waals surface area contributed by atoms with E-state index >= 15 is 0 Å². The van der Waals surface area contributed by atoms with Crippen LogP contribution in [0, 0.1) is 0 Å². The third-order valence-corrected chi connectivity index (χ3v) is 3.40. The van der Waals surface area contributed by atoms with E-state index in [4.69, 9.17) is 11.6 Å². The SMILES string of the molecule is CCCCN(CCCC)CC(=O)Nc1ccc(Cl)cc1. The minimum absolute atomic E-state index is 0.0412. The van der Waals surface area contributed by atoms with Gasteiger partial charge in [-0.3, -0.25) is 9.69 Å². The van der Waals surface area contributed by atoms with Gasteiger partial charge in [0.15, 0.2) is 0 Å². The molecule has 1 N–H and O–H groups in total. The molecule has 0 saturated heterocycles. The van der Waals surface area contributed by atoms with Gasteiger partial charge in [0.1, 0.15) is 0 Å². The Bertz CT molecular complexity index is 384. The second-order valence-electron chi connectivity index (χ2n) is 5.04. The predicted molar refractivity (Wildman–Crippen MR) is 86.3 cm³/mol. The second kappa shape index (κ2) is 9.78. The summed E-state index contributed by atoms with van der Waals surface area (Å²) in [6.45, 7) is 6.79. The van der Waals surface area contributed by atoms with E-state index in [0.29, 0.717) is 11.6 Å². The average molecular weight is 297 g/mol. The van der Waals surface area contributed by atoms with Crippen molar-refractivity contribution in [2.45, 2.75) is 39.5 Å². The fourth-order valence-electron chi connectivity index (χ4n) is 1.97. The van der Waals surface area contributed by atoms with E-state index in [1.54, 1.807) is 12.1 Å². The largest absolute Gasteiger partial charge is 0.325 e. The Balaban J connectivity index is 2.45. The number of carbonyl (C=O) groups excluding carboxylic acids is 1. The number of benzene rings is 1. The number of unbranched alkanes of at least 4 members (excludes halogenated alkanes) is 2. The Morgan fingerprint density at radius 2 is 1.65 bits per heavy atom. The van der Waals surface area contributed by atoms with E-state index < -0.39 is 0 Å². The number of nitrogens with one attached hydrogen (secondary N) is 1. The Kier molecular flexibility index (Phi) is 8.31. The molecule has 0 unspecified atom stereocenters. The molecule has 3 nitrogen and oxygen atoms in total. The molecule has 20 heavy (non-hydrogen) atoms. The van der Waals surface area contributed by atoms with E-state index in [9.17, 15) is 4.79 Å². The third-order valence-electron chi connectivity index (χ3n) is 3.15. The molecule has 1 aromatic rings. The zero-order valence-electron chi connectivity index (χ0n) is 12.5. The molecule has 1 rings (SSSR count). The number of carbonyl (C=O) groups is 1. The summed E-state index contributed by atoms with van der Waals surface area (Å²) in [5.41, 5.74) is 0.797. The van der Waals surface area contributed by atoms with Crippen LogP contribution in [0.4, 0.5) is 5.69 Å². The number of halogens is 1. The van der Waals surface area contributed by atoms with Crippen molar-refractivity contribution in [1.29, 1.82) is 0 Å². The van der Waals surface area contributed by atoms with E-state index in [2.05, 4.69) is 24.1 Å². The lowest BCUT2D eigenvalue weighted by Gasteiger charge is -2.21. The van der Waals surface area contributed by atoms with Crippen LogP contribution >= 0.6 is 11.6 Å². The first-order valence-electron chi connectivity index (χ1n) is 7.43. The molecule has 4 heteroatoms. The van der Waals surface area contributed by atoms with Crippen molar-refractivity contribution in [3.05, 3.63) is 29.3 Å². The van der Waals surface area contributed by atoms with Gasteiger partial charge in [0.05, 0.1) is 6.54 Å². The van der Waals surface area contributed by atoms with Crippen LogP contribution in [0.3, 0.4) is 0 Å². The average Bonchev–Trinajstić information content (AvgIpc) is 2.44. The minimum Gasteiger partial charge on any atom is -0.325 e. The third kappa shape index (κ3) is 6.92. The summed E-state index contributed by atoms with van der Waals surface area (Å²) in [6, 6.07) is 7.21. The van der Waals surface area contributed by atoms with Gasteiger partial charge in [-0.2, -0.15) is 0 Å².